The van der Waals surface area contributed by atoms with Crippen molar-refractivity contribution >= 4 is 33.0 Å². The van der Waals surface area contributed by atoms with Crippen LogP contribution < -0.4 is 4.31 Å². The van der Waals surface area contributed by atoms with E-state index in [0.717, 1.165) is 21.5 Å². The molecule has 0 radical (unpaired) electrons. The second-order valence-electron chi connectivity index (χ2n) is 6.37. The Morgan fingerprint density at radius 1 is 1.28 bits per heavy atom. The summed E-state index contributed by atoms with van der Waals surface area (Å²) in [6.07, 6.45) is 0.925. The summed E-state index contributed by atoms with van der Waals surface area (Å²) in [5.41, 5.74) is -0.193. The van der Waals surface area contributed by atoms with Crippen molar-refractivity contribution in [2.75, 3.05) is 17.6 Å². The van der Waals surface area contributed by atoms with Crippen LogP contribution in [0.15, 0.2) is 46.3 Å². The first-order valence-electron chi connectivity index (χ1n) is 8.54. The third-order valence-electron chi connectivity index (χ3n) is 4.11. The zero-order valence-electron chi connectivity index (χ0n) is 15.9. The first kappa shape index (κ1) is 20.9. The van der Waals surface area contributed by atoms with Crippen LogP contribution in [-0.2, 0) is 21.4 Å². The van der Waals surface area contributed by atoms with Crippen LogP contribution in [0.25, 0.3) is 10.7 Å². The average Bonchev–Trinajstić information content (AvgIpc) is 3.33. The van der Waals surface area contributed by atoms with Gasteiger partial charge in [0.2, 0.25) is 27.6 Å². The Balaban J connectivity index is 1.79. The van der Waals surface area contributed by atoms with Gasteiger partial charge in [0.15, 0.2) is 0 Å². The van der Waals surface area contributed by atoms with Crippen molar-refractivity contribution < 1.29 is 22.1 Å². The summed E-state index contributed by atoms with van der Waals surface area (Å²) < 4.78 is 44.8. The van der Waals surface area contributed by atoms with Crippen molar-refractivity contribution in [2.24, 2.45) is 0 Å². The molecular weight excluding hydrogens is 419 g/mol. The van der Waals surface area contributed by atoms with Crippen LogP contribution in [0.3, 0.4) is 0 Å². The van der Waals surface area contributed by atoms with E-state index < -0.39 is 27.8 Å². The number of carbonyl (C=O) groups is 1. The number of amides is 1. The van der Waals surface area contributed by atoms with Gasteiger partial charge in [0.1, 0.15) is 11.9 Å². The highest BCUT2D eigenvalue weighted by Crippen LogP contribution is 2.25. The van der Waals surface area contributed by atoms with Crippen molar-refractivity contribution in [1.29, 1.82) is 0 Å². The fraction of sp³-hybridized carbons (Fsp3) is 0.278. The standard InChI is InChI=1S/C18H19FN4O4S2/c1-12(23(29(3,25)26)14-8-5-4-7-13(14)19)18(24)22(2)11-16-20-17(21-27-16)15-9-6-10-28-15/h4-10,12H,11H2,1-3H3. The van der Waals surface area contributed by atoms with Gasteiger partial charge in [-0.1, -0.05) is 23.4 Å². The van der Waals surface area contributed by atoms with Gasteiger partial charge in [0.25, 0.3) is 0 Å². The maximum absolute atomic E-state index is 14.2. The molecule has 0 spiro atoms. The zero-order chi connectivity index (χ0) is 21.2. The lowest BCUT2D eigenvalue weighted by atomic mass is 10.2. The predicted molar refractivity (Wildman–Crippen MR) is 107 cm³/mol. The lowest BCUT2D eigenvalue weighted by Gasteiger charge is -2.30. The average molecular weight is 439 g/mol. The second kappa shape index (κ2) is 8.29. The maximum atomic E-state index is 14.2. The summed E-state index contributed by atoms with van der Waals surface area (Å²) in [5.74, 6) is -0.673. The summed E-state index contributed by atoms with van der Waals surface area (Å²) in [4.78, 5) is 19.2. The van der Waals surface area contributed by atoms with Crippen molar-refractivity contribution in [2.45, 2.75) is 19.5 Å². The molecular formula is C18H19FN4O4S2. The van der Waals surface area contributed by atoms with E-state index in [9.17, 15) is 17.6 Å². The Labute approximate surface area is 171 Å². The van der Waals surface area contributed by atoms with Crippen LogP contribution in [0.2, 0.25) is 0 Å². The van der Waals surface area contributed by atoms with E-state index in [-0.39, 0.29) is 18.1 Å². The molecule has 1 unspecified atom stereocenters. The van der Waals surface area contributed by atoms with Crippen LogP contribution in [0.1, 0.15) is 12.8 Å². The van der Waals surface area contributed by atoms with Crippen molar-refractivity contribution in [3.63, 3.8) is 0 Å². The van der Waals surface area contributed by atoms with Crippen LogP contribution in [-0.4, -0.2) is 48.7 Å². The highest BCUT2D eigenvalue weighted by atomic mass is 32.2. The Morgan fingerprint density at radius 3 is 2.62 bits per heavy atom. The van der Waals surface area contributed by atoms with Gasteiger partial charge in [0.05, 0.1) is 23.4 Å². The maximum Gasteiger partial charge on any atom is 0.246 e. The lowest BCUT2D eigenvalue weighted by Crippen LogP contribution is -2.48. The third-order valence-corrected chi connectivity index (χ3v) is 6.21. The van der Waals surface area contributed by atoms with Gasteiger partial charge >= 0.3 is 0 Å². The zero-order valence-corrected chi connectivity index (χ0v) is 17.6. The number of likely N-dealkylation sites (N-methyl/N-ethyl adjacent to an activating group) is 1. The fourth-order valence-electron chi connectivity index (χ4n) is 2.83. The molecule has 0 aliphatic heterocycles. The van der Waals surface area contributed by atoms with Crippen molar-refractivity contribution in [3.05, 3.63) is 53.5 Å². The monoisotopic (exact) mass is 438 g/mol. The molecule has 3 aromatic rings. The SMILES string of the molecule is CC(C(=O)N(C)Cc1nc(-c2cccs2)no1)N(c1ccccc1F)S(C)(=O)=O. The molecule has 0 bridgehead atoms. The summed E-state index contributed by atoms with van der Waals surface area (Å²) in [6, 6.07) is 7.92. The molecule has 0 aliphatic carbocycles. The van der Waals surface area contributed by atoms with E-state index >= 15 is 0 Å². The minimum absolute atomic E-state index is 0.0174. The number of rotatable bonds is 7. The van der Waals surface area contributed by atoms with Crippen LogP contribution >= 0.6 is 11.3 Å². The molecule has 1 aromatic carbocycles. The number of thiophene rings is 1. The first-order valence-corrected chi connectivity index (χ1v) is 11.3. The number of para-hydroxylation sites is 1. The number of benzene rings is 1. The predicted octanol–water partition coefficient (Wildman–Crippen LogP) is 2.75. The molecule has 154 valence electrons. The van der Waals surface area contributed by atoms with E-state index in [2.05, 4.69) is 10.1 Å². The van der Waals surface area contributed by atoms with Gasteiger partial charge < -0.3 is 9.42 Å². The summed E-state index contributed by atoms with van der Waals surface area (Å²) in [6.45, 7) is 1.38. The number of sulfonamides is 1. The molecule has 0 fully saturated rings. The van der Waals surface area contributed by atoms with Crippen LogP contribution in [0.4, 0.5) is 10.1 Å². The minimum Gasteiger partial charge on any atom is -0.337 e. The van der Waals surface area contributed by atoms with Gasteiger partial charge in [-0.25, -0.2) is 12.8 Å². The molecule has 0 saturated carbocycles. The van der Waals surface area contributed by atoms with Crippen LogP contribution in [0.5, 0.6) is 0 Å². The molecule has 0 saturated heterocycles. The second-order valence-corrected chi connectivity index (χ2v) is 9.18. The van der Waals surface area contributed by atoms with E-state index in [1.807, 2.05) is 17.5 Å². The van der Waals surface area contributed by atoms with Gasteiger partial charge in [-0.3, -0.25) is 9.10 Å². The number of nitrogens with zero attached hydrogens (tertiary/aromatic N) is 4. The normalized spacial score (nSPS) is 12.6. The van der Waals surface area contributed by atoms with Crippen LogP contribution in [0, 0.1) is 5.82 Å². The molecule has 3 rings (SSSR count). The van der Waals surface area contributed by atoms with Gasteiger partial charge in [-0.05, 0) is 30.5 Å². The molecule has 0 aliphatic rings. The highest BCUT2D eigenvalue weighted by Gasteiger charge is 2.33. The number of hydrogen-bond acceptors (Lipinski definition) is 7. The minimum atomic E-state index is -3.92. The summed E-state index contributed by atoms with van der Waals surface area (Å²) >= 11 is 1.45. The number of carbonyl (C=O) groups excluding carboxylic acids is 1. The van der Waals surface area contributed by atoms with Crippen molar-refractivity contribution in [1.82, 2.24) is 15.0 Å². The fourth-order valence-corrected chi connectivity index (χ4v) is 4.65. The highest BCUT2D eigenvalue weighted by molar-refractivity contribution is 7.92. The van der Waals surface area contributed by atoms with Gasteiger partial charge in [0, 0.05) is 7.05 Å². The first-order chi connectivity index (χ1) is 13.7. The topological polar surface area (TPSA) is 96.6 Å². The molecule has 1 atom stereocenters. The van der Waals surface area contributed by atoms with E-state index in [1.54, 1.807) is 0 Å². The molecule has 8 nitrogen and oxygen atoms in total. The molecule has 0 N–H and O–H groups in total. The summed E-state index contributed by atoms with van der Waals surface area (Å²) in [7, 11) is -2.44. The van der Waals surface area contributed by atoms with E-state index in [1.165, 1.54) is 48.4 Å². The largest absolute Gasteiger partial charge is 0.337 e. The molecule has 1 amide bonds. The van der Waals surface area contributed by atoms with Gasteiger partial charge in [-0.15, -0.1) is 11.3 Å². The Hall–Kier alpha value is -2.79. The van der Waals surface area contributed by atoms with E-state index in [4.69, 9.17) is 4.52 Å². The number of anilines is 1. The van der Waals surface area contributed by atoms with E-state index in [0.29, 0.717) is 5.82 Å². The number of hydrogen-bond donors (Lipinski definition) is 0. The molecule has 29 heavy (non-hydrogen) atoms. The Bertz CT molecular complexity index is 1100. The third kappa shape index (κ3) is 4.62. The van der Waals surface area contributed by atoms with Crippen molar-refractivity contribution in [3.8, 4) is 10.7 Å². The quantitative estimate of drug-likeness (QED) is 0.563. The number of halogens is 1. The summed E-state index contributed by atoms with van der Waals surface area (Å²) in [5, 5.41) is 5.76. The molecule has 2 aromatic heterocycles. The number of aromatic nitrogens is 2. The molecule has 2 heterocycles. The van der Waals surface area contributed by atoms with Gasteiger partial charge in [-0.2, -0.15) is 4.98 Å². The Morgan fingerprint density at radius 2 is 2.00 bits per heavy atom. The smallest absolute Gasteiger partial charge is 0.246 e. The lowest BCUT2D eigenvalue weighted by molar-refractivity contribution is -0.131. The Kier molecular flexibility index (Phi) is 5.99. The molecule has 11 heteroatoms.